The van der Waals surface area contributed by atoms with Gasteiger partial charge in [0.2, 0.25) is 5.88 Å². The largest absolute Gasteiger partial charge is 0.438 e. The molecule has 0 atom stereocenters. The lowest BCUT2D eigenvalue weighted by Gasteiger charge is -2.13. The molecule has 0 bridgehead atoms. The Morgan fingerprint density at radius 2 is 2.19 bits per heavy atom. The number of anilines is 1. The van der Waals surface area contributed by atoms with E-state index in [0.717, 1.165) is 0 Å². The Kier molecular flexibility index (Phi) is 4.29. The van der Waals surface area contributed by atoms with Crippen LogP contribution in [-0.4, -0.2) is 14.9 Å². The van der Waals surface area contributed by atoms with Crippen molar-refractivity contribution >= 4 is 11.5 Å². The first-order chi connectivity index (χ1) is 10.1. The Hall–Kier alpha value is -2.74. The second-order valence-electron chi connectivity index (χ2n) is 4.26. The van der Waals surface area contributed by atoms with E-state index in [1.54, 1.807) is 19.1 Å². The average molecular weight is 289 g/mol. The van der Waals surface area contributed by atoms with Crippen LogP contribution in [0.3, 0.4) is 0 Å². The van der Waals surface area contributed by atoms with Crippen LogP contribution in [0.4, 0.5) is 11.5 Å². The van der Waals surface area contributed by atoms with E-state index >= 15 is 0 Å². The second kappa shape index (κ2) is 6.14. The maximum Gasteiger partial charge on any atom is 0.276 e. The molecule has 21 heavy (non-hydrogen) atoms. The van der Waals surface area contributed by atoms with Gasteiger partial charge in [0.1, 0.15) is 17.9 Å². The van der Waals surface area contributed by atoms with Gasteiger partial charge in [0.15, 0.2) is 0 Å². The standard InChI is InChI=1S/C13H15N5O3/c1-3-9-12(17-14)15-7-16-13(9)21-11-6-4-5-10(8(11)2)18(19)20/h4-7H,3,14H2,1-2H3,(H,15,16,17). The Morgan fingerprint density at radius 1 is 1.43 bits per heavy atom. The molecular formula is C13H15N5O3. The maximum absolute atomic E-state index is 10.9. The van der Waals surface area contributed by atoms with Crippen LogP contribution in [0.1, 0.15) is 18.1 Å². The van der Waals surface area contributed by atoms with Gasteiger partial charge in [-0.2, -0.15) is 0 Å². The number of aromatic nitrogens is 2. The Bertz CT molecular complexity index is 675. The third kappa shape index (κ3) is 2.90. The van der Waals surface area contributed by atoms with Crippen molar-refractivity contribution in [1.29, 1.82) is 0 Å². The van der Waals surface area contributed by atoms with Gasteiger partial charge in [0.05, 0.1) is 16.1 Å². The number of nitro benzene ring substituents is 1. The van der Waals surface area contributed by atoms with E-state index < -0.39 is 4.92 Å². The molecule has 0 aliphatic rings. The molecule has 0 saturated heterocycles. The van der Waals surface area contributed by atoms with E-state index in [-0.39, 0.29) is 5.69 Å². The first kappa shape index (κ1) is 14.7. The fraction of sp³-hybridized carbons (Fsp3) is 0.231. The van der Waals surface area contributed by atoms with Crippen LogP contribution in [0.25, 0.3) is 0 Å². The highest BCUT2D eigenvalue weighted by atomic mass is 16.6. The zero-order valence-electron chi connectivity index (χ0n) is 11.7. The van der Waals surface area contributed by atoms with Crippen LogP contribution in [-0.2, 0) is 6.42 Å². The number of nitrogen functional groups attached to an aromatic ring is 1. The van der Waals surface area contributed by atoms with E-state index in [0.29, 0.717) is 35.0 Å². The molecule has 0 unspecified atom stereocenters. The number of nitrogens with zero attached hydrogens (tertiary/aromatic N) is 3. The second-order valence-corrected chi connectivity index (χ2v) is 4.26. The number of nitro groups is 1. The van der Waals surface area contributed by atoms with Crippen LogP contribution in [0.15, 0.2) is 24.5 Å². The van der Waals surface area contributed by atoms with Crippen LogP contribution in [0, 0.1) is 17.0 Å². The molecule has 1 aromatic heterocycles. The zero-order valence-corrected chi connectivity index (χ0v) is 11.7. The summed E-state index contributed by atoms with van der Waals surface area (Å²) in [5.41, 5.74) is 3.61. The molecule has 8 nitrogen and oxygen atoms in total. The highest BCUT2D eigenvalue weighted by Crippen LogP contribution is 2.32. The zero-order chi connectivity index (χ0) is 15.4. The lowest BCUT2D eigenvalue weighted by molar-refractivity contribution is -0.385. The molecule has 2 aromatic rings. The summed E-state index contributed by atoms with van der Waals surface area (Å²) in [6, 6.07) is 4.64. The molecular weight excluding hydrogens is 274 g/mol. The fourth-order valence-corrected chi connectivity index (χ4v) is 1.94. The van der Waals surface area contributed by atoms with Gasteiger partial charge in [0, 0.05) is 6.07 Å². The molecule has 0 saturated carbocycles. The summed E-state index contributed by atoms with van der Waals surface area (Å²) in [4.78, 5) is 18.6. The van der Waals surface area contributed by atoms with Gasteiger partial charge in [-0.3, -0.25) is 10.1 Å². The van der Waals surface area contributed by atoms with E-state index in [1.807, 2.05) is 6.92 Å². The summed E-state index contributed by atoms with van der Waals surface area (Å²) in [7, 11) is 0. The lowest BCUT2D eigenvalue weighted by atomic mass is 10.2. The van der Waals surface area contributed by atoms with Gasteiger partial charge in [-0.1, -0.05) is 13.0 Å². The first-order valence-corrected chi connectivity index (χ1v) is 6.30. The predicted octanol–water partition coefficient (Wildman–Crippen LogP) is 2.33. The van der Waals surface area contributed by atoms with E-state index in [9.17, 15) is 10.1 Å². The molecule has 0 fully saturated rings. The van der Waals surface area contributed by atoms with Crippen LogP contribution in [0.5, 0.6) is 11.6 Å². The van der Waals surface area contributed by atoms with Crippen LogP contribution < -0.4 is 16.0 Å². The number of nitrogens with two attached hydrogens (primary N) is 1. The number of nitrogens with one attached hydrogen (secondary N) is 1. The van der Waals surface area contributed by atoms with Crippen LogP contribution >= 0.6 is 0 Å². The molecule has 0 aliphatic heterocycles. The van der Waals surface area contributed by atoms with Crippen LogP contribution in [0.2, 0.25) is 0 Å². The van der Waals surface area contributed by atoms with Crippen molar-refractivity contribution in [1.82, 2.24) is 9.97 Å². The van der Waals surface area contributed by atoms with Crippen molar-refractivity contribution < 1.29 is 9.66 Å². The number of hydrogen-bond donors (Lipinski definition) is 2. The monoisotopic (exact) mass is 289 g/mol. The van der Waals surface area contributed by atoms with Crippen molar-refractivity contribution in [2.75, 3.05) is 5.43 Å². The van der Waals surface area contributed by atoms with E-state index in [2.05, 4.69) is 15.4 Å². The van der Waals surface area contributed by atoms with Gasteiger partial charge in [0.25, 0.3) is 5.69 Å². The quantitative estimate of drug-likeness (QED) is 0.493. The highest BCUT2D eigenvalue weighted by molar-refractivity contribution is 5.52. The highest BCUT2D eigenvalue weighted by Gasteiger charge is 2.17. The van der Waals surface area contributed by atoms with Crippen molar-refractivity contribution in [3.8, 4) is 11.6 Å². The summed E-state index contributed by atoms with van der Waals surface area (Å²) in [6.07, 6.45) is 1.92. The SMILES string of the molecule is CCc1c(NN)ncnc1Oc1cccc([N+](=O)[O-])c1C. The fourth-order valence-electron chi connectivity index (χ4n) is 1.94. The molecule has 1 aromatic carbocycles. The summed E-state index contributed by atoms with van der Waals surface area (Å²) in [6.45, 7) is 3.54. The minimum Gasteiger partial charge on any atom is -0.438 e. The number of hydrogen-bond acceptors (Lipinski definition) is 7. The lowest BCUT2D eigenvalue weighted by Crippen LogP contribution is -2.12. The number of rotatable bonds is 5. The summed E-state index contributed by atoms with van der Waals surface area (Å²) < 4.78 is 5.71. The molecule has 2 rings (SSSR count). The summed E-state index contributed by atoms with van der Waals surface area (Å²) in [5, 5.41) is 10.9. The molecule has 0 spiro atoms. The molecule has 8 heteroatoms. The van der Waals surface area contributed by atoms with Crippen molar-refractivity contribution in [2.45, 2.75) is 20.3 Å². The van der Waals surface area contributed by atoms with E-state index in [1.165, 1.54) is 12.4 Å². The van der Waals surface area contributed by atoms with Gasteiger partial charge < -0.3 is 10.2 Å². The third-order valence-electron chi connectivity index (χ3n) is 3.05. The van der Waals surface area contributed by atoms with E-state index in [4.69, 9.17) is 10.6 Å². The molecule has 0 amide bonds. The third-order valence-corrected chi connectivity index (χ3v) is 3.05. The molecule has 1 heterocycles. The first-order valence-electron chi connectivity index (χ1n) is 6.30. The Labute approximate surface area is 121 Å². The Morgan fingerprint density at radius 3 is 2.81 bits per heavy atom. The minimum atomic E-state index is -0.449. The number of benzene rings is 1. The molecule has 0 aliphatic carbocycles. The van der Waals surface area contributed by atoms with Gasteiger partial charge in [-0.15, -0.1) is 0 Å². The number of hydrazine groups is 1. The normalized spacial score (nSPS) is 10.2. The summed E-state index contributed by atoms with van der Waals surface area (Å²) in [5.74, 6) is 6.56. The van der Waals surface area contributed by atoms with Crippen molar-refractivity contribution in [3.05, 3.63) is 45.8 Å². The van der Waals surface area contributed by atoms with Gasteiger partial charge >= 0.3 is 0 Å². The maximum atomic E-state index is 10.9. The topological polar surface area (TPSA) is 116 Å². The molecule has 0 radical (unpaired) electrons. The van der Waals surface area contributed by atoms with Gasteiger partial charge in [-0.25, -0.2) is 15.8 Å². The van der Waals surface area contributed by atoms with Gasteiger partial charge in [-0.05, 0) is 19.4 Å². The Balaban J connectivity index is 2.44. The average Bonchev–Trinajstić information content (AvgIpc) is 2.48. The minimum absolute atomic E-state index is 0.00298. The van der Waals surface area contributed by atoms with Crippen molar-refractivity contribution in [3.63, 3.8) is 0 Å². The predicted molar refractivity (Wildman–Crippen MR) is 77.1 cm³/mol. The van der Waals surface area contributed by atoms with Crippen molar-refractivity contribution in [2.24, 2.45) is 5.84 Å². The molecule has 110 valence electrons. The summed E-state index contributed by atoms with van der Waals surface area (Å²) >= 11 is 0. The number of ether oxygens (including phenoxy) is 1. The smallest absolute Gasteiger partial charge is 0.276 e. The molecule has 3 N–H and O–H groups in total.